The molecule has 3 aromatic rings. The molecule has 7 nitrogen and oxygen atoms in total. The third kappa shape index (κ3) is 5.66. The predicted molar refractivity (Wildman–Crippen MR) is 156 cm³/mol. The molecule has 40 heavy (non-hydrogen) atoms. The molecule has 1 unspecified atom stereocenters. The van der Waals surface area contributed by atoms with Crippen molar-refractivity contribution in [1.82, 2.24) is 9.80 Å². The molecule has 1 N–H and O–H groups in total. The van der Waals surface area contributed by atoms with Crippen LogP contribution < -0.4 is 4.74 Å². The van der Waals surface area contributed by atoms with Gasteiger partial charge in [0, 0.05) is 29.7 Å². The van der Waals surface area contributed by atoms with Gasteiger partial charge in [-0.25, -0.2) is 4.79 Å². The van der Waals surface area contributed by atoms with E-state index in [1.807, 2.05) is 60.4 Å². The molecule has 2 amide bonds. The molecule has 0 spiro atoms. The fourth-order valence-corrected chi connectivity index (χ4v) is 5.62. The molecule has 0 bridgehead atoms. The second kappa shape index (κ2) is 12.3. The number of aliphatic hydroxyl groups is 1. The third-order valence-electron chi connectivity index (χ3n) is 7.49. The van der Waals surface area contributed by atoms with E-state index in [1.54, 1.807) is 23.1 Å². The second-order valence-corrected chi connectivity index (χ2v) is 10.8. The number of hydrogen-bond donors (Lipinski definition) is 1. The lowest BCUT2D eigenvalue weighted by Crippen LogP contribution is -2.49. The molecule has 1 fully saturated rings. The minimum Gasteiger partial charge on any atom is -0.493 e. The van der Waals surface area contributed by atoms with E-state index in [1.165, 1.54) is 0 Å². The molecule has 5 rings (SSSR count). The van der Waals surface area contributed by atoms with Crippen molar-refractivity contribution in [2.45, 2.75) is 31.8 Å². The van der Waals surface area contributed by atoms with E-state index in [0.29, 0.717) is 52.5 Å². The maximum Gasteiger partial charge on any atom is 0.326 e. The highest BCUT2D eigenvalue weighted by Gasteiger charge is 2.45. The lowest BCUT2D eigenvalue weighted by molar-refractivity contribution is 0.120. The molecule has 3 aromatic carbocycles. The average molecular weight is 578 g/mol. The molecular weight excluding hydrogens is 547 g/mol. The Morgan fingerprint density at radius 3 is 2.23 bits per heavy atom. The zero-order valence-corrected chi connectivity index (χ0v) is 23.6. The fraction of sp³-hybridized carbons (Fsp3) is 0.323. The van der Waals surface area contributed by atoms with Crippen LogP contribution in [0.4, 0.5) is 4.79 Å². The number of carbonyl (C=O) groups is 1. The summed E-state index contributed by atoms with van der Waals surface area (Å²) >= 11 is 12.5. The third-order valence-corrected chi connectivity index (χ3v) is 7.99. The van der Waals surface area contributed by atoms with E-state index in [-0.39, 0.29) is 18.6 Å². The van der Waals surface area contributed by atoms with E-state index in [2.05, 4.69) is 6.07 Å². The van der Waals surface area contributed by atoms with E-state index < -0.39 is 12.1 Å². The Bertz CT molecular complexity index is 1430. The Hall–Kier alpha value is -3.57. The van der Waals surface area contributed by atoms with Gasteiger partial charge in [-0.15, -0.1) is 0 Å². The Morgan fingerprint density at radius 2 is 1.65 bits per heavy atom. The molecule has 0 aromatic heterocycles. The Kier molecular flexibility index (Phi) is 8.60. The summed E-state index contributed by atoms with van der Waals surface area (Å²) in [5.41, 5.74) is 2.88. The van der Waals surface area contributed by atoms with Crippen molar-refractivity contribution in [2.24, 2.45) is 10.9 Å². The maximum absolute atomic E-state index is 14.4. The van der Waals surface area contributed by atoms with Gasteiger partial charge in [0.1, 0.15) is 17.6 Å². The van der Waals surface area contributed by atoms with Crippen molar-refractivity contribution in [3.8, 4) is 11.8 Å². The lowest BCUT2D eigenvalue weighted by Gasteiger charge is -2.37. The summed E-state index contributed by atoms with van der Waals surface area (Å²) in [5.74, 6) is 1.15. The summed E-state index contributed by atoms with van der Waals surface area (Å²) < 4.78 is 5.96. The molecule has 206 valence electrons. The number of amides is 2. The maximum atomic E-state index is 14.4. The number of rotatable bonds is 6. The number of nitrogens with zero attached hydrogens (tertiary/aromatic N) is 4. The van der Waals surface area contributed by atoms with Crippen LogP contribution in [-0.2, 0) is 0 Å². The van der Waals surface area contributed by atoms with Crippen molar-refractivity contribution in [1.29, 1.82) is 5.26 Å². The first-order valence-corrected chi connectivity index (χ1v) is 14.1. The van der Waals surface area contributed by atoms with Crippen molar-refractivity contribution in [3.63, 3.8) is 0 Å². The predicted octanol–water partition coefficient (Wildman–Crippen LogP) is 6.63. The van der Waals surface area contributed by atoms with Crippen LogP contribution >= 0.6 is 23.2 Å². The van der Waals surface area contributed by atoms with Crippen LogP contribution in [0.5, 0.6) is 5.75 Å². The summed E-state index contributed by atoms with van der Waals surface area (Å²) in [6, 6.07) is 21.3. The molecule has 2 heterocycles. The van der Waals surface area contributed by atoms with Crippen molar-refractivity contribution in [2.75, 3.05) is 26.3 Å². The van der Waals surface area contributed by atoms with Gasteiger partial charge >= 0.3 is 6.03 Å². The zero-order chi connectivity index (χ0) is 28.2. The van der Waals surface area contributed by atoms with Gasteiger partial charge in [0.05, 0.1) is 29.8 Å². The highest BCUT2D eigenvalue weighted by Crippen LogP contribution is 2.45. The zero-order valence-electron chi connectivity index (χ0n) is 22.1. The second-order valence-electron chi connectivity index (χ2n) is 9.97. The average Bonchev–Trinajstić information content (AvgIpc) is 3.38. The number of piperidine rings is 1. The van der Waals surface area contributed by atoms with Gasteiger partial charge in [0.2, 0.25) is 0 Å². The van der Waals surface area contributed by atoms with Crippen LogP contribution in [0.15, 0.2) is 71.7 Å². The summed E-state index contributed by atoms with van der Waals surface area (Å²) in [4.78, 5) is 23.2. The smallest absolute Gasteiger partial charge is 0.326 e. The van der Waals surface area contributed by atoms with Gasteiger partial charge in [-0.1, -0.05) is 47.5 Å². The molecule has 1 saturated heterocycles. The van der Waals surface area contributed by atoms with E-state index in [0.717, 1.165) is 24.0 Å². The van der Waals surface area contributed by atoms with Gasteiger partial charge < -0.3 is 14.7 Å². The molecule has 0 aliphatic carbocycles. The summed E-state index contributed by atoms with van der Waals surface area (Å²) in [5, 5.41) is 20.4. The SMILES string of the molecule is CCOc1cc(C#N)ccc1C1=NC(c2ccc(Cl)cc2)[C@@H](c2ccc(Cl)cc2)N1C(=O)N1CCC(CO)CC1. The minimum atomic E-state index is -0.471. The fourth-order valence-electron chi connectivity index (χ4n) is 5.37. The van der Waals surface area contributed by atoms with Gasteiger partial charge in [-0.3, -0.25) is 9.89 Å². The molecule has 2 atom stereocenters. The van der Waals surface area contributed by atoms with Gasteiger partial charge in [-0.2, -0.15) is 5.26 Å². The van der Waals surface area contributed by atoms with Crippen LogP contribution in [0, 0.1) is 17.2 Å². The van der Waals surface area contributed by atoms with Crippen molar-refractivity contribution >= 4 is 35.1 Å². The van der Waals surface area contributed by atoms with Crippen molar-refractivity contribution < 1.29 is 14.6 Å². The topological polar surface area (TPSA) is 89.2 Å². The Morgan fingerprint density at radius 1 is 1.02 bits per heavy atom. The summed E-state index contributed by atoms with van der Waals surface area (Å²) in [6.07, 6.45) is 1.46. The van der Waals surface area contributed by atoms with Crippen LogP contribution in [0.1, 0.15) is 54.1 Å². The highest BCUT2D eigenvalue weighted by atomic mass is 35.5. The number of benzene rings is 3. The number of urea groups is 1. The number of hydrogen-bond acceptors (Lipinski definition) is 5. The Balaban J connectivity index is 1.67. The number of carbonyl (C=O) groups excluding carboxylic acids is 1. The van der Waals surface area contributed by atoms with E-state index in [9.17, 15) is 15.2 Å². The number of amidine groups is 1. The summed E-state index contributed by atoms with van der Waals surface area (Å²) in [6.45, 7) is 3.46. The monoisotopic (exact) mass is 576 g/mol. The molecule has 0 radical (unpaired) electrons. The van der Waals surface area contributed by atoms with Gasteiger partial charge in [0.15, 0.2) is 0 Å². The highest BCUT2D eigenvalue weighted by molar-refractivity contribution is 6.30. The quantitative estimate of drug-likeness (QED) is 0.356. The van der Waals surface area contributed by atoms with Gasteiger partial charge in [-0.05, 0) is 79.3 Å². The van der Waals surface area contributed by atoms with Crippen LogP contribution in [0.25, 0.3) is 0 Å². The van der Waals surface area contributed by atoms with Gasteiger partial charge in [0.25, 0.3) is 0 Å². The number of aliphatic imine (C=N–C) groups is 1. The first kappa shape index (κ1) is 28.0. The number of nitriles is 1. The lowest BCUT2D eigenvalue weighted by atomic mass is 9.93. The Labute approximate surface area is 244 Å². The number of likely N-dealkylation sites (tertiary alicyclic amines) is 1. The normalized spacial score (nSPS) is 19.3. The minimum absolute atomic E-state index is 0.119. The van der Waals surface area contributed by atoms with Crippen LogP contribution in [-0.4, -0.2) is 53.1 Å². The molecule has 2 aliphatic heterocycles. The number of aliphatic hydroxyl groups excluding tert-OH is 1. The summed E-state index contributed by atoms with van der Waals surface area (Å²) in [7, 11) is 0. The van der Waals surface area contributed by atoms with Crippen LogP contribution in [0.3, 0.4) is 0 Å². The first-order chi connectivity index (χ1) is 19.4. The largest absolute Gasteiger partial charge is 0.493 e. The molecule has 9 heteroatoms. The molecular formula is C31H30Cl2N4O3. The molecule has 0 saturated carbocycles. The van der Waals surface area contributed by atoms with E-state index in [4.69, 9.17) is 32.9 Å². The van der Waals surface area contributed by atoms with E-state index >= 15 is 0 Å². The van der Waals surface area contributed by atoms with Crippen LogP contribution in [0.2, 0.25) is 10.0 Å². The number of ether oxygens (including phenoxy) is 1. The van der Waals surface area contributed by atoms with Crippen molar-refractivity contribution in [3.05, 3.63) is 99.0 Å². The first-order valence-electron chi connectivity index (χ1n) is 13.4. The standard InChI is InChI=1S/C31H30Cl2N4O3/c1-2-40-27-17-21(18-34)3-12-26(27)30-35-28(22-4-8-24(32)9-5-22)29(23-6-10-25(33)11-7-23)37(30)31(39)36-15-13-20(19-38)14-16-36/h3-12,17,20,28-29,38H,2,13-16,19H2,1H3/t28?,29-/m1/s1. The number of halogens is 2. The molecule has 2 aliphatic rings.